The van der Waals surface area contributed by atoms with E-state index in [-0.39, 0.29) is 5.56 Å². The van der Waals surface area contributed by atoms with Gasteiger partial charge in [0.25, 0.3) is 5.56 Å². The molecule has 5 aromatic rings. The molecular formula is C26H27N5O. The Kier molecular flexibility index (Phi) is 5.21. The number of nitrogens with zero attached hydrogens (tertiary/aromatic N) is 5. The van der Waals surface area contributed by atoms with Crippen LogP contribution in [-0.2, 0) is 6.54 Å². The molecular weight excluding hydrogens is 398 g/mol. The maximum absolute atomic E-state index is 13.6. The molecule has 0 aliphatic heterocycles. The van der Waals surface area contributed by atoms with Crippen molar-refractivity contribution in [1.82, 2.24) is 24.1 Å². The molecule has 6 nitrogen and oxygen atoms in total. The predicted molar refractivity (Wildman–Crippen MR) is 130 cm³/mol. The summed E-state index contributed by atoms with van der Waals surface area (Å²) in [6.45, 7) is 6.99. The van der Waals surface area contributed by atoms with E-state index in [1.807, 2.05) is 28.8 Å². The number of hydrogen-bond donors (Lipinski definition) is 0. The van der Waals surface area contributed by atoms with Crippen molar-refractivity contribution in [2.24, 2.45) is 0 Å². The van der Waals surface area contributed by atoms with Crippen LogP contribution in [0.2, 0.25) is 0 Å². The Morgan fingerprint density at radius 3 is 2.31 bits per heavy atom. The van der Waals surface area contributed by atoms with Crippen LogP contribution in [0.25, 0.3) is 38.9 Å². The van der Waals surface area contributed by atoms with Crippen LogP contribution in [0.15, 0.2) is 53.6 Å². The van der Waals surface area contributed by atoms with Crippen molar-refractivity contribution >= 4 is 33.2 Å². The van der Waals surface area contributed by atoms with E-state index in [2.05, 4.69) is 39.0 Å². The highest BCUT2D eigenvalue weighted by molar-refractivity contribution is 6.05. The van der Waals surface area contributed by atoms with Crippen molar-refractivity contribution < 1.29 is 0 Å². The van der Waals surface area contributed by atoms with Gasteiger partial charge >= 0.3 is 0 Å². The van der Waals surface area contributed by atoms with E-state index < -0.39 is 0 Å². The van der Waals surface area contributed by atoms with Gasteiger partial charge in [-0.25, -0.2) is 15.0 Å². The molecule has 0 aliphatic rings. The van der Waals surface area contributed by atoms with Crippen molar-refractivity contribution in [3.63, 3.8) is 0 Å². The first kappa shape index (κ1) is 20.4. The van der Waals surface area contributed by atoms with Gasteiger partial charge in [0.1, 0.15) is 10.9 Å². The first-order valence-corrected chi connectivity index (χ1v) is 11.3. The monoisotopic (exact) mass is 425 g/mol. The van der Waals surface area contributed by atoms with Crippen LogP contribution in [0.3, 0.4) is 0 Å². The van der Waals surface area contributed by atoms with Gasteiger partial charge in [0.05, 0.1) is 17.4 Å². The molecule has 0 amide bonds. The largest absolute Gasteiger partial charge is 0.299 e. The van der Waals surface area contributed by atoms with Gasteiger partial charge in [0.2, 0.25) is 0 Å². The van der Waals surface area contributed by atoms with Crippen LogP contribution in [-0.4, -0.2) is 24.1 Å². The van der Waals surface area contributed by atoms with Gasteiger partial charge < -0.3 is 0 Å². The number of unbranched alkanes of at least 4 members (excludes halogenated alkanes) is 3. The van der Waals surface area contributed by atoms with Crippen LogP contribution >= 0.6 is 0 Å². The van der Waals surface area contributed by atoms with Crippen molar-refractivity contribution in [3.8, 4) is 5.69 Å². The Balaban J connectivity index is 1.82. The standard InChI is InChI=1S/C26H27N5O/c1-4-5-6-9-12-30-16-27-24-22(26(30)32)23-25(29-21-11-8-7-10-20(21)28-23)31(24)19-14-17(2)13-18(3)15-19/h7-8,10-11,13-16H,4-6,9,12H2,1-3H3. The van der Waals surface area contributed by atoms with Crippen molar-refractivity contribution in [3.05, 3.63) is 70.3 Å². The average Bonchev–Trinajstić information content (AvgIpc) is 3.09. The summed E-state index contributed by atoms with van der Waals surface area (Å²) >= 11 is 0. The van der Waals surface area contributed by atoms with Crippen molar-refractivity contribution in [1.29, 1.82) is 0 Å². The number of rotatable bonds is 6. The quantitative estimate of drug-likeness (QED) is 0.338. The molecule has 0 atom stereocenters. The molecule has 0 saturated heterocycles. The first-order valence-electron chi connectivity index (χ1n) is 11.3. The smallest absolute Gasteiger partial charge is 0.265 e. The molecule has 0 N–H and O–H groups in total. The van der Waals surface area contributed by atoms with Crippen LogP contribution < -0.4 is 5.56 Å². The lowest BCUT2D eigenvalue weighted by atomic mass is 10.1. The maximum Gasteiger partial charge on any atom is 0.265 e. The maximum atomic E-state index is 13.6. The molecule has 0 radical (unpaired) electrons. The molecule has 0 unspecified atom stereocenters. The number of aryl methyl sites for hydroxylation is 3. The van der Waals surface area contributed by atoms with Gasteiger partial charge in [-0.2, -0.15) is 0 Å². The molecule has 0 saturated carbocycles. The lowest BCUT2D eigenvalue weighted by Crippen LogP contribution is -2.20. The van der Waals surface area contributed by atoms with E-state index in [0.717, 1.165) is 47.1 Å². The zero-order chi connectivity index (χ0) is 22.2. The van der Waals surface area contributed by atoms with E-state index in [4.69, 9.17) is 15.0 Å². The Labute approximate surface area is 186 Å². The molecule has 3 heterocycles. The third-order valence-electron chi connectivity index (χ3n) is 5.95. The fourth-order valence-corrected chi connectivity index (χ4v) is 4.46. The van der Waals surface area contributed by atoms with E-state index in [0.29, 0.717) is 28.7 Å². The van der Waals surface area contributed by atoms with E-state index in [9.17, 15) is 4.79 Å². The molecule has 0 spiro atoms. The highest BCUT2D eigenvalue weighted by atomic mass is 16.1. The molecule has 0 fully saturated rings. The topological polar surface area (TPSA) is 65.6 Å². The van der Waals surface area contributed by atoms with Gasteiger partial charge in [-0.1, -0.05) is 44.4 Å². The zero-order valence-electron chi connectivity index (χ0n) is 18.8. The van der Waals surface area contributed by atoms with Crippen LogP contribution in [0.1, 0.15) is 43.7 Å². The summed E-state index contributed by atoms with van der Waals surface area (Å²) in [6, 6.07) is 14.1. The normalized spacial score (nSPS) is 11.7. The molecule has 6 heteroatoms. The van der Waals surface area contributed by atoms with Crippen LogP contribution in [0, 0.1) is 13.8 Å². The van der Waals surface area contributed by atoms with Crippen LogP contribution in [0.4, 0.5) is 0 Å². The Hall–Kier alpha value is -3.54. The summed E-state index contributed by atoms with van der Waals surface area (Å²) in [6.07, 6.45) is 6.08. The second kappa shape index (κ2) is 8.19. The van der Waals surface area contributed by atoms with E-state index in [1.165, 1.54) is 6.42 Å². The van der Waals surface area contributed by atoms with E-state index >= 15 is 0 Å². The second-order valence-corrected chi connectivity index (χ2v) is 8.57. The summed E-state index contributed by atoms with van der Waals surface area (Å²) in [7, 11) is 0. The minimum absolute atomic E-state index is 0.0517. The molecule has 5 rings (SSSR count). The Morgan fingerprint density at radius 2 is 1.59 bits per heavy atom. The van der Waals surface area contributed by atoms with Gasteiger partial charge in [0, 0.05) is 12.2 Å². The summed E-state index contributed by atoms with van der Waals surface area (Å²) in [5.41, 5.74) is 6.64. The van der Waals surface area contributed by atoms with Gasteiger partial charge in [0.15, 0.2) is 11.3 Å². The third-order valence-corrected chi connectivity index (χ3v) is 5.95. The number of para-hydroxylation sites is 2. The van der Waals surface area contributed by atoms with Gasteiger partial charge in [-0.05, 0) is 55.7 Å². The number of fused-ring (bicyclic) bond motifs is 4. The second-order valence-electron chi connectivity index (χ2n) is 8.57. The molecule has 0 bridgehead atoms. The molecule has 0 aliphatic carbocycles. The fraction of sp³-hybridized carbons (Fsp3) is 0.308. The first-order chi connectivity index (χ1) is 15.6. The lowest BCUT2D eigenvalue weighted by molar-refractivity contribution is 0.567. The lowest BCUT2D eigenvalue weighted by Gasteiger charge is -2.09. The minimum atomic E-state index is -0.0517. The summed E-state index contributed by atoms with van der Waals surface area (Å²) in [5.74, 6) is 0. The summed E-state index contributed by atoms with van der Waals surface area (Å²) in [4.78, 5) is 28.1. The molecule has 2 aromatic carbocycles. The van der Waals surface area contributed by atoms with Gasteiger partial charge in [-0.3, -0.25) is 13.9 Å². The van der Waals surface area contributed by atoms with Gasteiger partial charge in [-0.15, -0.1) is 0 Å². The third kappa shape index (κ3) is 3.45. The highest BCUT2D eigenvalue weighted by Crippen LogP contribution is 2.29. The summed E-state index contributed by atoms with van der Waals surface area (Å²) in [5, 5.41) is 0.537. The molecule has 162 valence electrons. The number of benzene rings is 2. The minimum Gasteiger partial charge on any atom is -0.299 e. The number of hydrogen-bond acceptors (Lipinski definition) is 4. The Bertz CT molecular complexity index is 1490. The van der Waals surface area contributed by atoms with Crippen molar-refractivity contribution in [2.75, 3.05) is 0 Å². The highest BCUT2D eigenvalue weighted by Gasteiger charge is 2.21. The molecule has 3 aromatic heterocycles. The van der Waals surface area contributed by atoms with E-state index in [1.54, 1.807) is 10.9 Å². The Morgan fingerprint density at radius 1 is 0.875 bits per heavy atom. The fourth-order valence-electron chi connectivity index (χ4n) is 4.46. The zero-order valence-corrected chi connectivity index (χ0v) is 18.8. The average molecular weight is 426 g/mol. The van der Waals surface area contributed by atoms with Crippen LogP contribution in [0.5, 0.6) is 0 Å². The van der Waals surface area contributed by atoms with Crippen molar-refractivity contribution in [2.45, 2.75) is 53.0 Å². The predicted octanol–water partition coefficient (Wildman–Crippen LogP) is 5.48. The number of aromatic nitrogens is 5. The SMILES string of the molecule is CCCCCCn1cnc2c(c1=O)c1nc3ccccc3nc1n2-c1cc(C)cc(C)c1. The summed E-state index contributed by atoms with van der Waals surface area (Å²) < 4.78 is 3.70. The molecule has 32 heavy (non-hydrogen) atoms.